The van der Waals surface area contributed by atoms with Gasteiger partial charge in [0.25, 0.3) is 11.8 Å². The van der Waals surface area contributed by atoms with Gasteiger partial charge in [0, 0.05) is 17.7 Å². The number of aliphatic carboxylic acids is 1. The van der Waals surface area contributed by atoms with E-state index in [4.69, 9.17) is 5.11 Å². The Hall–Kier alpha value is -3.87. The first-order chi connectivity index (χ1) is 13.5. The van der Waals surface area contributed by atoms with Crippen molar-refractivity contribution in [1.29, 1.82) is 0 Å². The monoisotopic (exact) mass is 373 g/mol. The summed E-state index contributed by atoms with van der Waals surface area (Å²) in [5.74, 6) is -2.12. The van der Waals surface area contributed by atoms with Gasteiger partial charge in [0.05, 0.1) is 34.9 Å². The van der Waals surface area contributed by atoms with Gasteiger partial charge in [-0.25, -0.2) is 4.98 Å². The number of carboxylic acid groups (broad SMARTS) is 1. The molecule has 0 bridgehead atoms. The summed E-state index contributed by atoms with van der Waals surface area (Å²) in [6, 6.07) is 14.1. The van der Waals surface area contributed by atoms with Gasteiger partial charge in [0.15, 0.2) is 0 Å². The summed E-state index contributed by atoms with van der Waals surface area (Å²) in [6.07, 6.45) is 2.83. The largest absolute Gasteiger partial charge is 0.481 e. The van der Waals surface area contributed by atoms with Crippen molar-refractivity contribution in [1.82, 2.24) is 14.9 Å². The van der Waals surface area contributed by atoms with Crippen LogP contribution in [0.3, 0.4) is 0 Å². The molecule has 1 aromatic heterocycles. The highest BCUT2D eigenvalue weighted by Crippen LogP contribution is 2.30. The van der Waals surface area contributed by atoms with Crippen LogP contribution in [0.25, 0.3) is 22.7 Å². The molecule has 1 aliphatic heterocycles. The smallest absolute Gasteiger partial charge is 0.305 e. The fraction of sp³-hybridized carbons (Fsp3) is 0.0952. The average molecular weight is 373 g/mol. The molecule has 1 N–H and O–H groups in total. The molecule has 2 amide bonds. The van der Waals surface area contributed by atoms with E-state index in [1.165, 1.54) is 0 Å². The Morgan fingerprint density at radius 1 is 0.964 bits per heavy atom. The average Bonchev–Trinajstić information content (AvgIpc) is 2.71. The zero-order valence-electron chi connectivity index (χ0n) is 14.7. The number of nitrogens with zero attached hydrogens (tertiary/aromatic N) is 3. The van der Waals surface area contributed by atoms with Gasteiger partial charge < -0.3 is 5.11 Å². The molecule has 0 spiro atoms. The van der Waals surface area contributed by atoms with E-state index in [2.05, 4.69) is 9.97 Å². The van der Waals surface area contributed by atoms with Crippen molar-refractivity contribution in [3.63, 3.8) is 0 Å². The number of hydrogen-bond acceptors (Lipinski definition) is 5. The minimum absolute atomic E-state index is 0.192. The molecule has 0 aliphatic carbocycles. The van der Waals surface area contributed by atoms with Crippen LogP contribution in [-0.4, -0.2) is 44.3 Å². The van der Waals surface area contributed by atoms with E-state index in [-0.39, 0.29) is 18.5 Å². The number of fused-ring (bicyclic) bond motifs is 2. The van der Waals surface area contributed by atoms with Crippen LogP contribution in [0.15, 0.2) is 54.7 Å². The summed E-state index contributed by atoms with van der Waals surface area (Å²) < 4.78 is 0. The predicted molar refractivity (Wildman–Crippen MR) is 102 cm³/mol. The third kappa shape index (κ3) is 3.14. The Bertz CT molecular complexity index is 1150. The highest BCUT2D eigenvalue weighted by molar-refractivity contribution is 6.33. The summed E-state index contributed by atoms with van der Waals surface area (Å²) in [6.45, 7) is -0.192. The van der Waals surface area contributed by atoms with Gasteiger partial charge in [-0.3, -0.25) is 24.3 Å². The number of amides is 2. The topological polar surface area (TPSA) is 100 Å². The standard InChI is InChI=1S/C21H15N3O4/c25-19(26)9-10-24-20(27)15-6-2-1-5-14(15)16(21(24)28)11-13-12-22-17-7-3-4-8-18(17)23-13/h1-8,11-12H,9-10H2,(H,25,26)/b16-11-. The minimum atomic E-state index is -1.08. The Morgan fingerprint density at radius 3 is 2.39 bits per heavy atom. The van der Waals surface area contributed by atoms with E-state index in [1.54, 1.807) is 36.5 Å². The number of benzene rings is 2. The number of imide groups is 1. The summed E-state index contributed by atoms with van der Waals surface area (Å²) in [5, 5.41) is 8.93. The lowest BCUT2D eigenvalue weighted by Gasteiger charge is -2.28. The van der Waals surface area contributed by atoms with Crippen LogP contribution in [-0.2, 0) is 9.59 Å². The molecule has 4 rings (SSSR count). The molecule has 138 valence electrons. The van der Waals surface area contributed by atoms with E-state index in [0.717, 1.165) is 10.4 Å². The van der Waals surface area contributed by atoms with Gasteiger partial charge in [-0.2, -0.15) is 0 Å². The Balaban J connectivity index is 1.81. The zero-order valence-corrected chi connectivity index (χ0v) is 14.7. The normalized spacial score (nSPS) is 15.1. The Labute approximate surface area is 160 Å². The van der Waals surface area contributed by atoms with Gasteiger partial charge in [0.1, 0.15) is 0 Å². The van der Waals surface area contributed by atoms with Crippen LogP contribution >= 0.6 is 0 Å². The molecule has 7 nitrogen and oxygen atoms in total. The van der Waals surface area contributed by atoms with Crippen molar-refractivity contribution in [3.05, 3.63) is 71.5 Å². The second-order valence-corrected chi connectivity index (χ2v) is 6.29. The number of aromatic nitrogens is 2. The van der Waals surface area contributed by atoms with Crippen molar-refractivity contribution in [3.8, 4) is 0 Å². The number of carboxylic acids is 1. The van der Waals surface area contributed by atoms with Gasteiger partial charge in [-0.1, -0.05) is 30.3 Å². The second-order valence-electron chi connectivity index (χ2n) is 6.29. The lowest BCUT2D eigenvalue weighted by atomic mass is 9.92. The second kappa shape index (κ2) is 7.03. The van der Waals surface area contributed by atoms with Crippen molar-refractivity contribution >= 4 is 40.5 Å². The third-order valence-electron chi connectivity index (χ3n) is 4.48. The fourth-order valence-electron chi connectivity index (χ4n) is 3.14. The number of carbonyl (C=O) groups is 3. The minimum Gasteiger partial charge on any atom is -0.481 e. The van der Waals surface area contributed by atoms with Gasteiger partial charge in [-0.05, 0) is 24.3 Å². The van der Waals surface area contributed by atoms with Crippen LogP contribution in [0.5, 0.6) is 0 Å². The maximum atomic E-state index is 13.0. The van der Waals surface area contributed by atoms with Crippen LogP contribution in [0, 0.1) is 0 Å². The molecule has 0 unspecified atom stereocenters. The first kappa shape index (κ1) is 17.5. The van der Waals surface area contributed by atoms with Crippen molar-refractivity contribution in [2.75, 3.05) is 6.54 Å². The van der Waals surface area contributed by atoms with Crippen molar-refractivity contribution < 1.29 is 19.5 Å². The molecule has 1 aliphatic rings. The number of rotatable bonds is 4. The van der Waals surface area contributed by atoms with Crippen LogP contribution in [0.2, 0.25) is 0 Å². The van der Waals surface area contributed by atoms with Gasteiger partial charge in [-0.15, -0.1) is 0 Å². The van der Waals surface area contributed by atoms with E-state index in [1.807, 2.05) is 24.3 Å². The predicted octanol–water partition coefficient (Wildman–Crippen LogP) is 2.63. The van der Waals surface area contributed by atoms with Gasteiger partial charge in [0.2, 0.25) is 0 Å². The van der Waals surface area contributed by atoms with Crippen molar-refractivity contribution in [2.24, 2.45) is 0 Å². The fourth-order valence-corrected chi connectivity index (χ4v) is 3.14. The van der Waals surface area contributed by atoms with E-state index >= 15 is 0 Å². The third-order valence-corrected chi connectivity index (χ3v) is 4.48. The molecule has 0 saturated carbocycles. The van der Waals surface area contributed by atoms with Crippen LogP contribution < -0.4 is 0 Å². The van der Waals surface area contributed by atoms with E-state index in [0.29, 0.717) is 22.3 Å². The molecule has 7 heteroatoms. The summed E-state index contributed by atoms with van der Waals surface area (Å²) in [5.41, 5.74) is 3.03. The molecular formula is C21H15N3O4. The maximum Gasteiger partial charge on any atom is 0.305 e. The molecule has 0 radical (unpaired) electrons. The Morgan fingerprint density at radius 2 is 1.64 bits per heavy atom. The highest BCUT2D eigenvalue weighted by atomic mass is 16.4. The quantitative estimate of drug-likeness (QED) is 0.557. The Kier molecular flexibility index (Phi) is 4.41. The molecule has 28 heavy (non-hydrogen) atoms. The SMILES string of the molecule is O=C(O)CCN1C(=O)/C(=C\c2cnc3ccccc3n2)c2ccccc2C1=O. The maximum absolute atomic E-state index is 13.0. The van der Waals surface area contributed by atoms with E-state index < -0.39 is 17.8 Å². The van der Waals surface area contributed by atoms with Gasteiger partial charge >= 0.3 is 5.97 Å². The molecule has 0 fully saturated rings. The molecule has 2 heterocycles. The van der Waals surface area contributed by atoms with Crippen LogP contribution in [0.1, 0.15) is 28.0 Å². The number of hydrogen-bond donors (Lipinski definition) is 1. The number of para-hydroxylation sites is 2. The molecular weight excluding hydrogens is 358 g/mol. The molecule has 2 aromatic carbocycles. The molecule has 3 aromatic rings. The highest BCUT2D eigenvalue weighted by Gasteiger charge is 2.34. The summed E-state index contributed by atoms with van der Waals surface area (Å²) >= 11 is 0. The first-order valence-electron chi connectivity index (χ1n) is 8.65. The number of carbonyl (C=O) groups excluding carboxylic acids is 2. The van der Waals surface area contributed by atoms with E-state index in [9.17, 15) is 14.4 Å². The molecule has 0 atom stereocenters. The lowest BCUT2D eigenvalue weighted by Crippen LogP contribution is -2.42. The van der Waals surface area contributed by atoms with Crippen molar-refractivity contribution in [2.45, 2.75) is 6.42 Å². The summed E-state index contributed by atoms with van der Waals surface area (Å²) in [7, 11) is 0. The summed E-state index contributed by atoms with van der Waals surface area (Å²) in [4.78, 5) is 46.4. The first-order valence-corrected chi connectivity index (χ1v) is 8.65. The zero-order chi connectivity index (χ0) is 19.7. The molecule has 0 saturated heterocycles. The van der Waals surface area contributed by atoms with Crippen LogP contribution in [0.4, 0.5) is 0 Å². The lowest BCUT2D eigenvalue weighted by molar-refractivity contribution is -0.137.